The Morgan fingerprint density at radius 2 is 1.92 bits per heavy atom. The van der Waals surface area contributed by atoms with Gasteiger partial charge >= 0.3 is 0 Å². The Hall–Kier alpha value is -4.07. The zero-order valence-corrected chi connectivity index (χ0v) is 20.4. The minimum atomic E-state index is -0.397. The number of nitrogen functional groups attached to an aromatic ring is 1. The molecule has 0 aromatic carbocycles. The quantitative estimate of drug-likeness (QED) is 0.424. The second-order valence-electron chi connectivity index (χ2n) is 8.72. The van der Waals surface area contributed by atoms with E-state index in [1.165, 1.54) is 22.1 Å². The number of carbonyl (C=O) groups is 2. The number of aromatic nitrogens is 6. The van der Waals surface area contributed by atoms with E-state index in [1.54, 1.807) is 23.2 Å². The Morgan fingerprint density at radius 1 is 1.11 bits per heavy atom. The number of thiazole rings is 1. The number of hydrogen-bond acceptors (Lipinski definition) is 11. The van der Waals surface area contributed by atoms with E-state index < -0.39 is 6.04 Å². The van der Waals surface area contributed by atoms with Gasteiger partial charge < -0.3 is 24.9 Å². The molecule has 6 rings (SSSR count). The second-order valence-corrected chi connectivity index (χ2v) is 9.95. The van der Waals surface area contributed by atoms with E-state index in [9.17, 15) is 9.59 Å². The van der Waals surface area contributed by atoms with E-state index in [4.69, 9.17) is 10.2 Å². The third kappa shape index (κ3) is 3.92. The lowest BCUT2D eigenvalue weighted by Crippen LogP contribution is -2.55. The van der Waals surface area contributed by atoms with Crippen LogP contribution >= 0.6 is 11.3 Å². The number of anilines is 2. The lowest BCUT2D eigenvalue weighted by molar-refractivity contribution is -0.133. The molecule has 13 nitrogen and oxygen atoms in total. The van der Waals surface area contributed by atoms with Crippen molar-refractivity contribution in [1.82, 2.24) is 39.3 Å². The Balaban J connectivity index is 1.17. The highest BCUT2D eigenvalue weighted by atomic mass is 32.1. The van der Waals surface area contributed by atoms with Crippen LogP contribution in [0.2, 0.25) is 0 Å². The van der Waals surface area contributed by atoms with Crippen LogP contribution in [0.4, 0.5) is 11.9 Å². The van der Waals surface area contributed by atoms with Gasteiger partial charge in [-0.1, -0.05) is 0 Å². The minimum absolute atomic E-state index is 0.00743. The fourth-order valence-corrected chi connectivity index (χ4v) is 5.40. The van der Waals surface area contributed by atoms with Crippen molar-refractivity contribution < 1.29 is 14.0 Å². The molecular formula is C22H24N10O3S. The average Bonchev–Trinajstić information content (AvgIpc) is 3.69. The number of nitrogens with zero attached hydrogens (tertiary/aromatic N) is 9. The van der Waals surface area contributed by atoms with Crippen molar-refractivity contribution in [3.63, 3.8) is 0 Å². The molecule has 186 valence electrons. The number of rotatable bonds is 4. The van der Waals surface area contributed by atoms with Crippen molar-refractivity contribution in [1.29, 1.82) is 0 Å². The first-order valence-corrected chi connectivity index (χ1v) is 12.5. The molecule has 0 radical (unpaired) electrons. The number of aryl methyl sites for hydroxylation is 1. The predicted octanol–water partition coefficient (Wildman–Crippen LogP) is 1.08. The predicted molar refractivity (Wildman–Crippen MR) is 130 cm³/mol. The number of nitrogens with two attached hydrogens (primary N) is 1. The maximum Gasteiger partial charge on any atom is 0.265 e. The summed E-state index contributed by atoms with van der Waals surface area (Å²) in [5, 5.41) is 5.19. The second kappa shape index (κ2) is 8.86. The molecule has 4 aromatic heterocycles. The van der Waals surface area contributed by atoms with Crippen LogP contribution in [0.1, 0.15) is 27.5 Å². The van der Waals surface area contributed by atoms with Gasteiger partial charge in [-0.05, 0) is 31.9 Å². The summed E-state index contributed by atoms with van der Waals surface area (Å²) < 4.78 is 6.72. The maximum atomic E-state index is 13.5. The number of amides is 2. The molecule has 0 spiro atoms. The first kappa shape index (κ1) is 22.4. The highest BCUT2D eigenvalue weighted by Gasteiger charge is 2.37. The van der Waals surface area contributed by atoms with Gasteiger partial charge in [0.2, 0.25) is 23.6 Å². The molecule has 2 amide bonds. The van der Waals surface area contributed by atoms with E-state index in [0.29, 0.717) is 61.6 Å². The van der Waals surface area contributed by atoms with Crippen LogP contribution in [0.25, 0.3) is 17.4 Å². The topological polar surface area (TPSA) is 152 Å². The van der Waals surface area contributed by atoms with Gasteiger partial charge in [0.1, 0.15) is 10.9 Å². The third-order valence-electron chi connectivity index (χ3n) is 6.47. The van der Waals surface area contributed by atoms with Gasteiger partial charge in [0, 0.05) is 32.7 Å². The first-order chi connectivity index (χ1) is 17.5. The van der Waals surface area contributed by atoms with Gasteiger partial charge in [-0.25, -0.2) is 4.98 Å². The molecule has 2 aliphatic heterocycles. The summed E-state index contributed by atoms with van der Waals surface area (Å²) >= 11 is 1.39. The molecule has 0 unspecified atom stereocenters. The molecule has 6 heterocycles. The van der Waals surface area contributed by atoms with Crippen molar-refractivity contribution in [2.75, 3.05) is 43.4 Å². The maximum absolute atomic E-state index is 13.5. The van der Waals surface area contributed by atoms with Crippen LogP contribution in [0.15, 0.2) is 29.0 Å². The number of fused-ring (bicyclic) bond motifs is 1. The summed E-state index contributed by atoms with van der Waals surface area (Å²) in [7, 11) is 0. The standard InChI is InChI=1S/C22H24N10O3S/c1-13-24-12-16(36-13)19(34)30-9-7-29(8-10-30)18(33)14-4-2-6-31(14)21-26-20(23)32-22(27-21)25-17(28-32)15-5-3-11-35-15/h3,5,11-12,14H,2,4,6-10H2,1H3,(H2,23,25,26,27,28)/t14-/m0/s1. The summed E-state index contributed by atoms with van der Waals surface area (Å²) in [5.41, 5.74) is 6.16. The SMILES string of the molecule is Cc1ncc(C(=O)N2CCN(C(=O)[C@@H]3CCCN3c3nc(N)n4nc(-c5ccco5)nc4n3)CC2)s1. The van der Waals surface area contributed by atoms with E-state index in [1.807, 2.05) is 16.7 Å². The zero-order valence-electron chi connectivity index (χ0n) is 19.6. The van der Waals surface area contributed by atoms with E-state index >= 15 is 0 Å². The number of carbonyl (C=O) groups excluding carboxylic acids is 2. The normalized spacial score (nSPS) is 18.4. The lowest BCUT2D eigenvalue weighted by Gasteiger charge is -2.37. The summed E-state index contributed by atoms with van der Waals surface area (Å²) in [6.07, 6.45) is 4.68. The third-order valence-corrected chi connectivity index (χ3v) is 7.37. The lowest BCUT2D eigenvalue weighted by atomic mass is 10.1. The smallest absolute Gasteiger partial charge is 0.265 e. The Labute approximate surface area is 209 Å². The van der Waals surface area contributed by atoms with Crippen molar-refractivity contribution in [2.24, 2.45) is 0 Å². The van der Waals surface area contributed by atoms with Gasteiger partial charge in [0.25, 0.3) is 11.7 Å². The van der Waals surface area contributed by atoms with Crippen LogP contribution in [-0.2, 0) is 4.79 Å². The molecule has 0 aliphatic carbocycles. The van der Waals surface area contributed by atoms with Crippen LogP contribution in [0, 0.1) is 6.92 Å². The highest BCUT2D eigenvalue weighted by molar-refractivity contribution is 7.13. The van der Waals surface area contributed by atoms with Gasteiger partial charge in [-0.2, -0.15) is 19.5 Å². The summed E-state index contributed by atoms with van der Waals surface area (Å²) in [6, 6.07) is 3.10. The largest absolute Gasteiger partial charge is 0.461 e. The van der Waals surface area contributed by atoms with Crippen LogP contribution in [0.5, 0.6) is 0 Å². The molecule has 0 bridgehead atoms. The van der Waals surface area contributed by atoms with Crippen molar-refractivity contribution >= 4 is 40.8 Å². The minimum Gasteiger partial charge on any atom is -0.461 e. The molecule has 1 atom stereocenters. The Kier molecular flexibility index (Phi) is 5.51. The number of piperazine rings is 1. The van der Waals surface area contributed by atoms with Crippen LogP contribution in [0.3, 0.4) is 0 Å². The Morgan fingerprint density at radius 3 is 2.64 bits per heavy atom. The highest BCUT2D eigenvalue weighted by Crippen LogP contribution is 2.26. The molecule has 2 aliphatic rings. The molecular weight excluding hydrogens is 484 g/mol. The van der Waals surface area contributed by atoms with Crippen molar-refractivity contribution in [3.05, 3.63) is 34.5 Å². The van der Waals surface area contributed by atoms with E-state index in [2.05, 4.69) is 25.0 Å². The molecule has 0 saturated carbocycles. The van der Waals surface area contributed by atoms with E-state index in [-0.39, 0.29) is 23.5 Å². The summed E-state index contributed by atoms with van der Waals surface area (Å²) in [6.45, 7) is 4.44. The van der Waals surface area contributed by atoms with Gasteiger partial charge in [0.15, 0.2) is 5.76 Å². The Bertz CT molecular complexity index is 1420. The molecule has 36 heavy (non-hydrogen) atoms. The molecule has 2 fully saturated rings. The van der Waals surface area contributed by atoms with Gasteiger partial charge in [-0.3, -0.25) is 9.59 Å². The monoisotopic (exact) mass is 508 g/mol. The van der Waals surface area contributed by atoms with E-state index in [0.717, 1.165) is 11.4 Å². The summed E-state index contributed by atoms with van der Waals surface area (Å²) in [5.74, 6) is 1.59. The first-order valence-electron chi connectivity index (χ1n) is 11.7. The molecule has 14 heteroatoms. The van der Waals surface area contributed by atoms with Gasteiger partial charge in [-0.15, -0.1) is 16.4 Å². The van der Waals surface area contributed by atoms with Crippen LogP contribution < -0.4 is 10.6 Å². The number of furan rings is 1. The fraction of sp³-hybridized carbons (Fsp3) is 0.409. The van der Waals surface area contributed by atoms with Crippen molar-refractivity contribution in [2.45, 2.75) is 25.8 Å². The molecule has 2 saturated heterocycles. The summed E-state index contributed by atoms with van der Waals surface area (Å²) in [4.78, 5) is 49.9. The average molecular weight is 509 g/mol. The van der Waals surface area contributed by atoms with Crippen LogP contribution in [-0.4, -0.2) is 89.9 Å². The molecule has 2 N–H and O–H groups in total. The van der Waals surface area contributed by atoms with Gasteiger partial charge in [0.05, 0.1) is 17.5 Å². The number of hydrogen-bond donors (Lipinski definition) is 1. The zero-order chi connectivity index (χ0) is 24.8. The van der Waals surface area contributed by atoms with Crippen molar-refractivity contribution in [3.8, 4) is 11.6 Å². The fourth-order valence-electron chi connectivity index (χ4n) is 4.65. The molecule has 4 aromatic rings.